The van der Waals surface area contributed by atoms with Crippen LogP contribution in [0.5, 0.6) is 0 Å². The van der Waals surface area contributed by atoms with E-state index < -0.39 is 5.97 Å². The van der Waals surface area contributed by atoms with Crippen molar-refractivity contribution in [1.82, 2.24) is 10.6 Å². The molecule has 1 heterocycles. The summed E-state index contributed by atoms with van der Waals surface area (Å²) in [5.74, 6) is -0.897. The van der Waals surface area contributed by atoms with Crippen molar-refractivity contribution in [3.63, 3.8) is 0 Å². The lowest BCUT2D eigenvalue weighted by Crippen LogP contribution is -2.43. The molecule has 0 radical (unpaired) electrons. The standard InChI is InChI=1S/C11H20N2O4/c1-8-6-9(2-3-12-8)11(16)13-4-5-17-7-10(14)15/h8-9,12H,2-7H2,1H3,(H,13,16)(H,14,15). The molecule has 2 atom stereocenters. The smallest absolute Gasteiger partial charge is 0.329 e. The van der Waals surface area contributed by atoms with Gasteiger partial charge in [-0.1, -0.05) is 0 Å². The highest BCUT2D eigenvalue weighted by atomic mass is 16.5. The third kappa shape index (κ3) is 5.65. The zero-order valence-electron chi connectivity index (χ0n) is 10.1. The fraction of sp³-hybridized carbons (Fsp3) is 0.818. The molecule has 1 aliphatic rings. The Kier molecular flexibility index (Phi) is 5.93. The van der Waals surface area contributed by atoms with Gasteiger partial charge in [0.15, 0.2) is 0 Å². The number of carbonyl (C=O) groups is 2. The molecule has 98 valence electrons. The van der Waals surface area contributed by atoms with Gasteiger partial charge in [0.2, 0.25) is 5.91 Å². The summed E-state index contributed by atoms with van der Waals surface area (Å²) in [6.45, 7) is 3.22. The van der Waals surface area contributed by atoms with Crippen LogP contribution in [0.1, 0.15) is 19.8 Å². The number of rotatable bonds is 6. The molecule has 0 spiro atoms. The summed E-state index contributed by atoms with van der Waals surface area (Å²) in [6.07, 6.45) is 1.70. The molecule has 0 aromatic heterocycles. The number of carbonyl (C=O) groups excluding carboxylic acids is 1. The van der Waals surface area contributed by atoms with Crippen LogP contribution in [-0.4, -0.2) is 49.3 Å². The molecule has 1 saturated heterocycles. The summed E-state index contributed by atoms with van der Waals surface area (Å²) in [5, 5.41) is 14.4. The Morgan fingerprint density at radius 2 is 2.29 bits per heavy atom. The zero-order valence-corrected chi connectivity index (χ0v) is 10.1. The highest BCUT2D eigenvalue weighted by molar-refractivity contribution is 5.78. The lowest BCUT2D eigenvalue weighted by atomic mass is 9.92. The first-order valence-electron chi connectivity index (χ1n) is 5.90. The molecular weight excluding hydrogens is 224 g/mol. The van der Waals surface area contributed by atoms with E-state index in [-0.39, 0.29) is 25.0 Å². The van der Waals surface area contributed by atoms with Crippen molar-refractivity contribution in [1.29, 1.82) is 0 Å². The summed E-state index contributed by atoms with van der Waals surface area (Å²) in [6, 6.07) is 0.378. The van der Waals surface area contributed by atoms with Gasteiger partial charge in [-0.25, -0.2) is 4.79 Å². The van der Waals surface area contributed by atoms with Gasteiger partial charge >= 0.3 is 5.97 Å². The normalized spacial score (nSPS) is 24.3. The fourth-order valence-corrected chi connectivity index (χ4v) is 1.92. The second kappa shape index (κ2) is 7.24. The van der Waals surface area contributed by atoms with Gasteiger partial charge < -0.3 is 20.5 Å². The van der Waals surface area contributed by atoms with Crippen LogP contribution in [0.25, 0.3) is 0 Å². The Balaban J connectivity index is 2.10. The number of nitrogens with one attached hydrogen (secondary N) is 2. The van der Waals surface area contributed by atoms with E-state index in [1.54, 1.807) is 0 Å². The number of carboxylic acids is 1. The van der Waals surface area contributed by atoms with Crippen LogP contribution in [-0.2, 0) is 14.3 Å². The van der Waals surface area contributed by atoms with Crippen molar-refractivity contribution in [3.8, 4) is 0 Å². The molecular formula is C11H20N2O4. The van der Waals surface area contributed by atoms with Crippen LogP contribution >= 0.6 is 0 Å². The first kappa shape index (κ1) is 13.9. The van der Waals surface area contributed by atoms with Crippen molar-refractivity contribution < 1.29 is 19.4 Å². The van der Waals surface area contributed by atoms with E-state index in [9.17, 15) is 9.59 Å². The molecule has 0 saturated carbocycles. The predicted molar refractivity (Wildman–Crippen MR) is 61.7 cm³/mol. The second-order valence-electron chi connectivity index (χ2n) is 4.31. The quantitative estimate of drug-likeness (QED) is 0.553. The highest BCUT2D eigenvalue weighted by Gasteiger charge is 2.24. The van der Waals surface area contributed by atoms with E-state index in [0.717, 1.165) is 19.4 Å². The molecule has 1 fully saturated rings. The van der Waals surface area contributed by atoms with Gasteiger partial charge in [-0.3, -0.25) is 4.79 Å². The number of aliphatic carboxylic acids is 1. The number of piperidine rings is 1. The molecule has 17 heavy (non-hydrogen) atoms. The number of hydrogen-bond donors (Lipinski definition) is 3. The van der Waals surface area contributed by atoms with E-state index in [0.29, 0.717) is 12.6 Å². The largest absolute Gasteiger partial charge is 0.480 e. The van der Waals surface area contributed by atoms with Crippen molar-refractivity contribution in [3.05, 3.63) is 0 Å². The van der Waals surface area contributed by atoms with Gasteiger partial charge in [-0.15, -0.1) is 0 Å². The van der Waals surface area contributed by atoms with Crippen molar-refractivity contribution >= 4 is 11.9 Å². The van der Waals surface area contributed by atoms with Gasteiger partial charge in [0.25, 0.3) is 0 Å². The summed E-state index contributed by atoms with van der Waals surface area (Å²) in [7, 11) is 0. The topological polar surface area (TPSA) is 87.7 Å². The van der Waals surface area contributed by atoms with Crippen LogP contribution < -0.4 is 10.6 Å². The van der Waals surface area contributed by atoms with Gasteiger partial charge in [0.1, 0.15) is 6.61 Å². The minimum Gasteiger partial charge on any atom is -0.480 e. The Morgan fingerprint density at radius 1 is 1.53 bits per heavy atom. The van der Waals surface area contributed by atoms with E-state index in [4.69, 9.17) is 9.84 Å². The summed E-state index contributed by atoms with van der Waals surface area (Å²) in [4.78, 5) is 21.9. The molecule has 1 aliphatic heterocycles. The van der Waals surface area contributed by atoms with Gasteiger partial charge in [0, 0.05) is 18.5 Å². The Labute approximate surface area is 101 Å². The molecule has 3 N–H and O–H groups in total. The lowest BCUT2D eigenvalue weighted by molar-refractivity contribution is -0.142. The van der Waals surface area contributed by atoms with Crippen molar-refractivity contribution in [2.75, 3.05) is 26.3 Å². The minimum atomic E-state index is -0.997. The second-order valence-corrected chi connectivity index (χ2v) is 4.31. The maximum Gasteiger partial charge on any atom is 0.329 e. The van der Waals surface area contributed by atoms with Crippen LogP contribution in [0.4, 0.5) is 0 Å². The number of carboxylic acid groups (broad SMARTS) is 1. The molecule has 6 nitrogen and oxygen atoms in total. The zero-order chi connectivity index (χ0) is 12.7. The van der Waals surface area contributed by atoms with Gasteiger partial charge in [0.05, 0.1) is 6.61 Å². The maximum atomic E-state index is 11.7. The molecule has 1 rings (SSSR count). The third-order valence-corrected chi connectivity index (χ3v) is 2.77. The summed E-state index contributed by atoms with van der Waals surface area (Å²) in [5.41, 5.74) is 0. The molecule has 0 aromatic rings. The third-order valence-electron chi connectivity index (χ3n) is 2.77. The first-order chi connectivity index (χ1) is 8.09. The summed E-state index contributed by atoms with van der Waals surface area (Å²) < 4.78 is 4.83. The molecule has 6 heteroatoms. The van der Waals surface area contributed by atoms with E-state index in [1.165, 1.54) is 0 Å². The fourth-order valence-electron chi connectivity index (χ4n) is 1.92. The van der Waals surface area contributed by atoms with Gasteiger partial charge in [-0.05, 0) is 26.3 Å². The van der Waals surface area contributed by atoms with Crippen molar-refractivity contribution in [2.24, 2.45) is 5.92 Å². The van der Waals surface area contributed by atoms with E-state index >= 15 is 0 Å². The molecule has 2 unspecified atom stereocenters. The van der Waals surface area contributed by atoms with Crippen LogP contribution in [0, 0.1) is 5.92 Å². The molecule has 0 aromatic carbocycles. The number of ether oxygens (including phenoxy) is 1. The maximum absolute atomic E-state index is 11.7. The van der Waals surface area contributed by atoms with E-state index in [2.05, 4.69) is 17.6 Å². The van der Waals surface area contributed by atoms with Crippen LogP contribution in [0.2, 0.25) is 0 Å². The first-order valence-corrected chi connectivity index (χ1v) is 5.90. The predicted octanol–water partition coefficient (Wildman–Crippen LogP) is -0.408. The van der Waals surface area contributed by atoms with Crippen molar-refractivity contribution in [2.45, 2.75) is 25.8 Å². The van der Waals surface area contributed by atoms with E-state index in [1.807, 2.05) is 0 Å². The number of amides is 1. The minimum absolute atomic E-state index is 0.0391. The Bertz CT molecular complexity index is 270. The Morgan fingerprint density at radius 3 is 2.94 bits per heavy atom. The average Bonchev–Trinajstić information content (AvgIpc) is 2.28. The average molecular weight is 244 g/mol. The van der Waals surface area contributed by atoms with Gasteiger partial charge in [-0.2, -0.15) is 0 Å². The molecule has 0 bridgehead atoms. The molecule has 1 amide bonds. The highest BCUT2D eigenvalue weighted by Crippen LogP contribution is 2.15. The monoisotopic (exact) mass is 244 g/mol. The SMILES string of the molecule is CC1CC(C(=O)NCCOCC(=O)O)CCN1. The number of hydrogen-bond acceptors (Lipinski definition) is 4. The lowest BCUT2D eigenvalue weighted by Gasteiger charge is -2.27. The summed E-state index contributed by atoms with van der Waals surface area (Å²) >= 11 is 0. The Hall–Kier alpha value is -1.14. The van der Waals surface area contributed by atoms with Crippen LogP contribution in [0.15, 0.2) is 0 Å². The molecule has 0 aliphatic carbocycles. The van der Waals surface area contributed by atoms with Crippen LogP contribution in [0.3, 0.4) is 0 Å².